The standard InChI is InChI=1S/C12H18ClN3O/c1-2-5-16(6-7-17)11-8-9(13)3-4-10(11)12(14)15/h3-4,8,17H,2,5-7H2,1H3,(H3,14,15). The van der Waals surface area contributed by atoms with Gasteiger partial charge in [-0.3, -0.25) is 5.41 Å². The minimum absolute atomic E-state index is 0.00992. The van der Waals surface area contributed by atoms with E-state index in [1.165, 1.54) is 0 Å². The lowest BCUT2D eigenvalue weighted by molar-refractivity contribution is 0.302. The van der Waals surface area contributed by atoms with Gasteiger partial charge in [0.15, 0.2) is 0 Å². The largest absolute Gasteiger partial charge is 0.395 e. The molecule has 0 saturated heterocycles. The number of aliphatic hydroxyl groups is 1. The quantitative estimate of drug-likeness (QED) is 0.536. The first-order valence-corrected chi connectivity index (χ1v) is 5.97. The first-order valence-electron chi connectivity index (χ1n) is 5.60. The van der Waals surface area contributed by atoms with Crippen molar-refractivity contribution in [1.82, 2.24) is 0 Å². The van der Waals surface area contributed by atoms with Crippen LogP contribution in [0.3, 0.4) is 0 Å². The van der Waals surface area contributed by atoms with Crippen molar-refractivity contribution in [3.05, 3.63) is 28.8 Å². The summed E-state index contributed by atoms with van der Waals surface area (Å²) in [7, 11) is 0. The van der Waals surface area contributed by atoms with Gasteiger partial charge in [-0.15, -0.1) is 0 Å². The molecule has 4 N–H and O–H groups in total. The minimum atomic E-state index is 0.00992. The van der Waals surface area contributed by atoms with Gasteiger partial charge in [-0.05, 0) is 24.6 Å². The van der Waals surface area contributed by atoms with Crippen molar-refractivity contribution in [2.45, 2.75) is 13.3 Å². The van der Waals surface area contributed by atoms with E-state index < -0.39 is 0 Å². The fraction of sp³-hybridized carbons (Fsp3) is 0.417. The number of halogens is 1. The fourth-order valence-corrected chi connectivity index (χ4v) is 1.90. The predicted octanol–water partition coefficient (Wildman–Crippen LogP) is 1.83. The highest BCUT2D eigenvalue weighted by atomic mass is 35.5. The van der Waals surface area contributed by atoms with Gasteiger partial charge in [-0.1, -0.05) is 18.5 Å². The summed E-state index contributed by atoms with van der Waals surface area (Å²) in [6.45, 7) is 3.42. The summed E-state index contributed by atoms with van der Waals surface area (Å²) in [5.41, 5.74) is 7.00. The van der Waals surface area contributed by atoms with Crippen LogP contribution in [-0.2, 0) is 0 Å². The average Bonchev–Trinajstić information content (AvgIpc) is 2.28. The Kier molecular flexibility index (Phi) is 5.25. The van der Waals surface area contributed by atoms with Gasteiger partial charge in [0.25, 0.3) is 0 Å². The van der Waals surface area contributed by atoms with Crippen LogP contribution in [0.2, 0.25) is 5.02 Å². The van der Waals surface area contributed by atoms with Crippen molar-refractivity contribution in [2.75, 3.05) is 24.6 Å². The van der Waals surface area contributed by atoms with Crippen molar-refractivity contribution < 1.29 is 5.11 Å². The average molecular weight is 256 g/mol. The van der Waals surface area contributed by atoms with Crippen LogP contribution < -0.4 is 10.6 Å². The molecule has 0 aromatic heterocycles. The third-order valence-electron chi connectivity index (χ3n) is 2.45. The lowest BCUT2D eigenvalue weighted by atomic mass is 10.1. The summed E-state index contributed by atoms with van der Waals surface area (Å²) in [6.07, 6.45) is 0.948. The molecule has 0 aliphatic heterocycles. The Morgan fingerprint density at radius 3 is 2.71 bits per heavy atom. The number of nitrogens with two attached hydrogens (primary N) is 1. The van der Waals surface area contributed by atoms with E-state index in [1.807, 2.05) is 4.90 Å². The number of nitrogens with zero attached hydrogens (tertiary/aromatic N) is 1. The first-order chi connectivity index (χ1) is 8.10. The molecule has 0 aliphatic rings. The second-order valence-corrected chi connectivity index (χ2v) is 4.22. The molecule has 0 spiro atoms. The lowest BCUT2D eigenvalue weighted by Gasteiger charge is -2.25. The zero-order valence-electron chi connectivity index (χ0n) is 9.91. The molecule has 1 rings (SSSR count). The molecule has 0 radical (unpaired) electrons. The van der Waals surface area contributed by atoms with Crippen LogP contribution in [0, 0.1) is 5.41 Å². The Morgan fingerprint density at radius 1 is 1.47 bits per heavy atom. The maximum atomic E-state index is 9.06. The number of nitrogen functional groups attached to an aromatic ring is 1. The molecule has 0 heterocycles. The van der Waals surface area contributed by atoms with E-state index in [4.69, 9.17) is 27.9 Å². The van der Waals surface area contributed by atoms with Crippen LogP contribution in [0.1, 0.15) is 18.9 Å². The number of hydrogen-bond donors (Lipinski definition) is 3. The number of benzene rings is 1. The zero-order valence-corrected chi connectivity index (χ0v) is 10.7. The number of hydrogen-bond acceptors (Lipinski definition) is 3. The highest BCUT2D eigenvalue weighted by molar-refractivity contribution is 6.31. The Balaban J connectivity index is 3.14. The molecule has 0 bridgehead atoms. The molecule has 1 aromatic rings. The number of rotatable bonds is 6. The minimum Gasteiger partial charge on any atom is -0.395 e. The summed E-state index contributed by atoms with van der Waals surface area (Å²) in [5, 5.41) is 17.2. The number of anilines is 1. The summed E-state index contributed by atoms with van der Waals surface area (Å²) in [5.74, 6) is 0.00992. The molecule has 0 unspecified atom stereocenters. The zero-order chi connectivity index (χ0) is 12.8. The maximum Gasteiger partial charge on any atom is 0.124 e. The van der Waals surface area contributed by atoms with Crippen molar-refractivity contribution in [2.24, 2.45) is 5.73 Å². The van der Waals surface area contributed by atoms with Crippen molar-refractivity contribution in [3.8, 4) is 0 Å². The second kappa shape index (κ2) is 6.47. The van der Waals surface area contributed by atoms with Gasteiger partial charge in [-0.2, -0.15) is 0 Å². The Bertz CT molecular complexity index is 389. The van der Waals surface area contributed by atoms with Gasteiger partial charge in [0.05, 0.1) is 6.61 Å². The van der Waals surface area contributed by atoms with Crippen LogP contribution >= 0.6 is 11.6 Å². The van der Waals surface area contributed by atoms with Gasteiger partial charge in [0.2, 0.25) is 0 Å². The highest BCUT2D eigenvalue weighted by Gasteiger charge is 2.12. The first kappa shape index (κ1) is 13.8. The van der Waals surface area contributed by atoms with Gasteiger partial charge in [0.1, 0.15) is 5.84 Å². The summed E-state index contributed by atoms with van der Waals surface area (Å²) in [4.78, 5) is 1.99. The van der Waals surface area contributed by atoms with Crippen molar-refractivity contribution in [3.63, 3.8) is 0 Å². The van der Waals surface area contributed by atoms with Gasteiger partial charge < -0.3 is 15.7 Å². The van der Waals surface area contributed by atoms with Crippen LogP contribution in [0.4, 0.5) is 5.69 Å². The number of amidine groups is 1. The van der Waals surface area contributed by atoms with Gasteiger partial charge >= 0.3 is 0 Å². The van der Waals surface area contributed by atoms with Gasteiger partial charge in [0, 0.05) is 29.4 Å². The van der Waals surface area contributed by atoms with Crippen LogP contribution in [0.25, 0.3) is 0 Å². The van der Waals surface area contributed by atoms with E-state index in [1.54, 1.807) is 18.2 Å². The molecule has 94 valence electrons. The van der Waals surface area contributed by atoms with Crippen molar-refractivity contribution >= 4 is 23.1 Å². The SMILES string of the molecule is CCCN(CCO)c1cc(Cl)ccc1C(=N)N. The van der Waals surface area contributed by atoms with E-state index in [2.05, 4.69) is 6.92 Å². The molecule has 1 aromatic carbocycles. The lowest BCUT2D eigenvalue weighted by Crippen LogP contribution is -2.30. The number of nitrogens with one attached hydrogen (secondary N) is 1. The van der Waals surface area contributed by atoms with Crippen LogP contribution in [0.15, 0.2) is 18.2 Å². The molecule has 0 saturated carbocycles. The molecule has 0 atom stereocenters. The monoisotopic (exact) mass is 255 g/mol. The Labute approximate surface area is 107 Å². The Hall–Kier alpha value is -1.26. The Morgan fingerprint density at radius 2 is 2.18 bits per heavy atom. The fourth-order valence-electron chi connectivity index (χ4n) is 1.74. The van der Waals surface area contributed by atoms with Crippen molar-refractivity contribution in [1.29, 1.82) is 5.41 Å². The molecule has 5 heteroatoms. The van der Waals surface area contributed by atoms with Crippen LogP contribution in [-0.4, -0.2) is 30.6 Å². The van der Waals surface area contributed by atoms with E-state index in [0.717, 1.165) is 18.7 Å². The molecule has 0 amide bonds. The van der Waals surface area contributed by atoms with Gasteiger partial charge in [-0.25, -0.2) is 0 Å². The maximum absolute atomic E-state index is 9.06. The van der Waals surface area contributed by atoms with Crippen LogP contribution in [0.5, 0.6) is 0 Å². The number of aliphatic hydroxyl groups excluding tert-OH is 1. The normalized spacial score (nSPS) is 10.3. The summed E-state index contributed by atoms with van der Waals surface area (Å²) >= 11 is 5.97. The third-order valence-corrected chi connectivity index (χ3v) is 2.69. The smallest absolute Gasteiger partial charge is 0.124 e. The molecule has 17 heavy (non-hydrogen) atoms. The topological polar surface area (TPSA) is 73.3 Å². The van der Waals surface area contributed by atoms with E-state index in [0.29, 0.717) is 17.1 Å². The highest BCUT2D eigenvalue weighted by Crippen LogP contribution is 2.24. The van der Waals surface area contributed by atoms with E-state index in [-0.39, 0.29) is 12.4 Å². The molecule has 4 nitrogen and oxygen atoms in total. The molecular weight excluding hydrogens is 238 g/mol. The molecular formula is C12H18ClN3O. The summed E-state index contributed by atoms with van der Waals surface area (Å²) in [6, 6.07) is 5.23. The van der Waals surface area contributed by atoms with E-state index >= 15 is 0 Å². The molecule has 0 aliphatic carbocycles. The van der Waals surface area contributed by atoms with E-state index in [9.17, 15) is 0 Å². The summed E-state index contributed by atoms with van der Waals surface area (Å²) < 4.78 is 0. The third kappa shape index (κ3) is 3.61. The predicted molar refractivity (Wildman–Crippen MR) is 72.1 cm³/mol. The molecule has 0 fully saturated rings. The second-order valence-electron chi connectivity index (χ2n) is 3.79.